The molecule has 0 unspecified atom stereocenters. The van der Waals surface area contributed by atoms with Crippen molar-refractivity contribution in [2.75, 3.05) is 30.3 Å². The number of aliphatic hydroxyl groups excluding tert-OH is 1. The zero-order valence-corrected chi connectivity index (χ0v) is 11.6. The van der Waals surface area contributed by atoms with Gasteiger partial charge in [0, 0.05) is 25.4 Å². The van der Waals surface area contributed by atoms with Gasteiger partial charge in [0.2, 0.25) is 5.13 Å². The van der Waals surface area contributed by atoms with Gasteiger partial charge in [0.25, 0.3) is 0 Å². The highest BCUT2D eigenvalue weighted by atomic mass is 32.2. The van der Waals surface area contributed by atoms with Gasteiger partial charge >= 0.3 is 0 Å². The first kappa shape index (κ1) is 13.1. The summed E-state index contributed by atoms with van der Waals surface area (Å²) in [6.45, 7) is 2.58. The van der Waals surface area contributed by atoms with Crippen LogP contribution in [0.15, 0.2) is 4.34 Å². The number of anilines is 1. The quantitative estimate of drug-likeness (QED) is 0.610. The molecule has 17 heavy (non-hydrogen) atoms. The molecule has 96 valence electrons. The fourth-order valence-corrected chi connectivity index (χ4v) is 3.81. The van der Waals surface area contributed by atoms with E-state index in [1.54, 1.807) is 23.1 Å². The molecule has 1 aromatic rings. The molecule has 0 aromatic carbocycles. The maximum absolute atomic E-state index is 8.67. The highest BCUT2D eigenvalue weighted by molar-refractivity contribution is 8.01. The zero-order chi connectivity index (χ0) is 11.9. The van der Waals surface area contributed by atoms with E-state index < -0.39 is 0 Å². The topological polar surface area (TPSA) is 49.3 Å². The molecule has 0 aliphatic carbocycles. The summed E-state index contributed by atoms with van der Waals surface area (Å²) in [6.07, 6.45) is 5.72. The molecule has 0 atom stereocenters. The van der Waals surface area contributed by atoms with Crippen molar-refractivity contribution in [1.29, 1.82) is 0 Å². The third-order valence-electron chi connectivity index (χ3n) is 2.80. The third kappa shape index (κ3) is 4.12. The summed E-state index contributed by atoms with van der Waals surface area (Å²) in [5.74, 6) is 1.08. The molecule has 1 saturated heterocycles. The number of hydrogen-bond acceptors (Lipinski definition) is 6. The Morgan fingerprint density at radius 3 is 2.76 bits per heavy atom. The van der Waals surface area contributed by atoms with E-state index in [9.17, 15) is 0 Å². The van der Waals surface area contributed by atoms with E-state index in [0.717, 1.165) is 47.6 Å². The fourth-order valence-electron chi connectivity index (χ4n) is 1.85. The first-order chi connectivity index (χ1) is 8.40. The Morgan fingerprint density at radius 2 is 2.00 bits per heavy atom. The van der Waals surface area contributed by atoms with Gasteiger partial charge < -0.3 is 10.0 Å². The lowest BCUT2D eigenvalue weighted by Crippen LogP contribution is -2.17. The van der Waals surface area contributed by atoms with Crippen LogP contribution in [0.1, 0.15) is 32.1 Å². The summed E-state index contributed by atoms with van der Waals surface area (Å²) in [7, 11) is 0. The minimum Gasteiger partial charge on any atom is -0.396 e. The number of rotatable bonds is 7. The van der Waals surface area contributed by atoms with E-state index in [0.29, 0.717) is 6.61 Å². The zero-order valence-electron chi connectivity index (χ0n) is 9.97. The lowest BCUT2D eigenvalue weighted by Gasteiger charge is -2.10. The van der Waals surface area contributed by atoms with Gasteiger partial charge in [0.15, 0.2) is 4.34 Å². The molecule has 0 bridgehead atoms. The van der Waals surface area contributed by atoms with Gasteiger partial charge in [0.1, 0.15) is 0 Å². The molecule has 1 aliphatic rings. The Balaban J connectivity index is 1.70. The van der Waals surface area contributed by atoms with Crippen molar-refractivity contribution in [3.63, 3.8) is 0 Å². The maximum Gasteiger partial charge on any atom is 0.209 e. The van der Waals surface area contributed by atoms with Crippen LogP contribution in [-0.4, -0.2) is 40.8 Å². The SMILES string of the molecule is OCCCCCSc1nnc(N2CCCC2)s1. The van der Waals surface area contributed by atoms with Crippen molar-refractivity contribution in [3.8, 4) is 0 Å². The van der Waals surface area contributed by atoms with Crippen LogP contribution in [0.2, 0.25) is 0 Å². The molecule has 1 fully saturated rings. The van der Waals surface area contributed by atoms with Gasteiger partial charge in [-0.3, -0.25) is 0 Å². The molecule has 1 aromatic heterocycles. The molecule has 0 saturated carbocycles. The van der Waals surface area contributed by atoms with E-state index >= 15 is 0 Å². The van der Waals surface area contributed by atoms with Gasteiger partial charge in [-0.2, -0.15) is 0 Å². The normalized spacial score (nSPS) is 15.7. The fraction of sp³-hybridized carbons (Fsp3) is 0.818. The summed E-state index contributed by atoms with van der Waals surface area (Å²) >= 11 is 3.50. The molecule has 1 aliphatic heterocycles. The van der Waals surface area contributed by atoms with Gasteiger partial charge in [-0.15, -0.1) is 10.2 Å². The molecule has 1 N–H and O–H groups in total. The molecular formula is C11H19N3OS2. The molecule has 0 radical (unpaired) electrons. The van der Waals surface area contributed by atoms with Crippen LogP contribution in [0, 0.1) is 0 Å². The van der Waals surface area contributed by atoms with Crippen molar-refractivity contribution < 1.29 is 5.11 Å². The van der Waals surface area contributed by atoms with Crippen LogP contribution in [0.5, 0.6) is 0 Å². The van der Waals surface area contributed by atoms with Gasteiger partial charge in [-0.1, -0.05) is 29.5 Å². The van der Waals surface area contributed by atoms with Crippen molar-refractivity contribution >= 4 is 28.2 Å². The summed E-state index contributed by atoms with van der Waals surface area (Å²) in [4.78, 5) is 2.33. The monoisotopic (exact) mass is 273 g/mol. The number of unbranched alkanes of at least 4 members (excludes halogenated alkanes) is 2. The third-order valence-corrected chi connectivity index (χ3v) is 5.00. The second kappa shape index (κ2) is 7.18. The molecule has 2 heterocycles. The Labute approximate surface area is 110 Å². The molecule has 2 rings (SSSR count). The van der Waals surface area contributed by atoms with Gasteiger partial charge in [-0.25, -0.2) is 0 Å². The lowest BCUT2D eigenvalue weighted by molar-refractivity contribution is 0.284. The van der Waals surface area contributed by atoms with Gasteiger partial charge in [0.05, 0.1) is 0 Å². The van der Waals surface area contributed by atoms with Crippen LogP contribution >= 0.6 is 23.1 Å². The van der Waals surface area contributed by atoms with Gasteiger partial charge in [-0.05, 0) is 25.7 Å². The second-order valence-corrected chi connectivity index (χ2v) is 6.48. The van der Waals surface area contributed by atoms with Crippen molar-refractivity contribution in [2.45, 2.75) is 36.4 Å². The number of aliphatic hydroxyl groups is 1. The first-order valence-corrected chi connectivity index (χ1v) is 8.02. The predicted molar refractivity (Wildman–Crippen MR) is 73.0 cm³/mol. The summed E-state index contributed by atoms with van der Waals surface area (Å²) in [6, 6.07) is 0. The highest BCUT2D eigenvalue weighted by Crippen LogP contribution is 2.30. The van der Waals surface area contributed by atoms with E-state index in [4.69, 9.17) is 5.11 Å². The lowest BCUT2D eigenvalue weighted by atomic mass is 10.3. The molecule has 0 amide bonds. The Bertz CT molecular complexity index is 326. The number of hydrogen-bond donors (Lipinski definition) is 1. The van der Waals surface area contributed by atoms with Crippen molar-refractivity contribution in [3.05, 3.63) is 0 Å². The van der Waals surface area contributed by atoms with E-state index in [1.807, 2.05) is 0 Å². The average Bonchev–Trinajstić information content (AvgIpc) is 2.99. The number of thioether (sulfide) groups is 1. The van der Waals surface area contributed by atoms with Crippen LogP contribution in [0.25, 0.3) is 0 Å². The molecule has 0 spiro atoms. The summed E-state index contributed by atoms with van der Waals surface area (Å²) in [5.41, 5.74) is 0. The minimum absolute atomic E-state index is 0.308. The molecular weight excluding hydrogens is 254 g/mol. The average molecular weight is 273 g/mol. The van der Waals surface area contributed by atoms with E-state index in [1.165, 1.54) is 12.8 Å². The van der Waals surface area contributed by atoms with E-state index in [-0.39, 0.29) is 0 Å². The van der Waals surface area contributed by atoms with Crippen LogP contribution < -0.4 is 4.90 Å². The van der Waals surface area contributed by atoms with Crippen LogP contribution in [0.4, 0.5) is 5.13 Å². The Hall–Kier alpha value is -0.330. The Kier molecular flexibility index (Phi) is 5.54. The van der Waals surface area contributed by atoms with Crippen molar-refractivity contribution in [2.24, 2.45) is 0 Å². The Morgan fingerprint density at radius 1 is 1.18 bits per heavy atom. The summed E-state index contributed by atoms with van der Waals surface area (Å²) < 4.78 is 1.08. The summed E-state index contributed by atoms with van der Waals surface area (Å²) in [5, 5.41) is 18.2. The second-order valence-electron chi connectivity index (χ2n) is 4.18. The first-order valence-electron chi connectivity index (χ1n) is 6.22. The molecule has 6 heteroatoms. The maximum atomic E-state index is 8.67. The molecule has 4 nitrogen and oxygen atoms in total. The van der Waals surface area contributed by atoms with Crippen LogP contribution in [-0.2, 0) is 0 Å². The smallest absolute Gasteiger partial charge is 0.209 e. The largest absolute Gasteiger partial charge is 0.396 e. The minimum atomic E-state index is 0.308. The number of aromatic nitrogens is 2. The van der Waals surface area contributed by atoms with Crippen LogP contribution in [0.3, 0.4) is 0 Å². The standard InChI is InChI=1S/C11H19N3OS2/c15-8-4-1-5-9-16-11-13-12-10(17-11)14-6-2-3-7-14/h15H,1-9H2. The van der Waals surface area contributed by atoms with E-state index in [2.05, 4.69) is 15.1 Å². The highest BCUT2D eigenvalue weighted by Gasteiger charge is 2.16. The number of nitrogens with zero attached hydrogens (tertiary/aromatic N) is 3. The van der Waals surface area contributed by atoms with Crippen molar-refractivity contribution in [1.82, 2.24) is 10.2 Å². The predicted octanol–water partition coefficient (Wildman–Crippen LogP) is 2.39.